The van der Waals surface area contributed by atoms with E-state index in [4.69, 9.17) is 9.47 Å². The van der Waals surface area contributed by atoms with Crippen molar-refractivity contribution in [3.05, 3.63) is 0 Å². The first-order chi connectivity index (χ1) is 8.31. The van der Waals surface area contributed by atoms with Gasteiger partial charge in [-0.3, -0.25) is 4.79 Å². The van der Waals surface area contributed by atoms with Crippen LogP contribution in [0, 0.1) is 0 Å². The van der Waals surface area contributed by atoms with Gasteiger partial charge in [-0.2, -0.15) is 0 Å². The quantitative estimate of drug-likeness (QED) is 0.697. The van der Waals surface area contributed by atoms with Crippen LogP contribution in [0.1, 0.15) is 27.2 Å². The molecule has 104 valence electrons. The van der Waals surface area contributed by atoms with Crippen LogP contribution in [0.3, 0.4) is 0 Å². The van der Waals surface area contributed by atoms with Gasteiger partial charge in [0.05, 0.1) is 32.8 Å². The molecule has 1 heterocycles. The van der Waals surface area contributed by atoms with Crippen molar-refractivity contribution in [1.29, 1.82) is 0 Å². The molecule has 0 aromatic carbocycles. The van der Waals surface area contributed by atoms with Gasteiger partial charge in [0.25, 0.3) is 0 Å². The van der Waals surface area contributed by atoms with E-state index in [-0.39, 0.29) is 24.6 Å². The Morgan fingerprint density at radius 3 is 2.61 bits per heavy atom. The Morgan fingerprint density at radius 1 is 1.39 bits per heavy atom. The third-order valence-electron chi connectivity index (χ3n) is 2.41. The van der Waals surface area contributed by atoms with E-state index in [2.05, 4.69) is 4.74 Å². The smallest absolute Gasteiger partial charge is 0.410 e. The summed E-state index contributed by atoms with van der Waals surface area (Å²) in [5, 5.41) is 0. The third kappa shape index (κ3) is 4.91. The van der Waals surface area contributed by atoms with Crippen LogP contribution in [0.4, 0.5) is 4.79 Å². The molecule has 0 aromatic rings. The molecule has 1 rings (SSSR count). The van der Waals surface area contributed by atoms with E-state index in [9.17, 15) is 9.59 Å². The van der Waals surface area contributed by atoms with Crippen molar-refractivity contribution >= 4 is 12.1 Å². The van der Waals surface area contributed by atoms with Gasteiger partial charge in [0, 0.05) is 6.54 Å². The van der Waals surface area contributed by atoms with Gasteiger partial charge in [0.1, 0.15) is 5.60 Å². The average molecular weight is 259 g/mol. The number of rotatable bonds is 2. The van der Waals surface area contributed by atoms with Gasteiger partial charge in [0.2, 0.25) is 0 Å². The SMILES string of the molecule is COC(=O)C[C@@H]1CN(C(=O)OC(C)(C)C)CCO1. The van der Waals surface area contributed by atoms with Crippen LogP contribution in [-0.2, 0) is 19.0 Å². The summed E-state index contributed by atoms with van der Waals surface area (Å²) in [6.07, 6.45) is -0.546. The second-order valence-corrected chi connectivity index (χ2v) is 5.20. The van der Waals surface area contributed by atoms with Gasteiger partial charge < -0.3 is 19.1 Å². The summed E-state index contributed by atoms with van der Waals surface area (Å²) in [4.78, 5) is 24.6. The van der Waals surface area contributed by atoms with Crippen LogP contribution in [0.25, 0.3) is 0 Å². The average Bonchev–Trinajstić information content (AvgIpc) is 2.27. The summed E-state index contributed by atoms with van der Waals surface area (Å²) < 4.78 is 15.3. The molecule has 0 spiro atoms. The fraction of sp³-hybridized carbons (Fsp3) is 0.833. The Kier molecular flexibility index (Phi) is 4.95. The number of nitrogens with zero attached hydrogens (tertiary/aromatic N) is 1. The summed E-state index contributed by atoms with van der Waals surface area (Å²) in [6.45, 7) is 6.68. The zero-order chi connectivity index (χ0) is 13.8. The maximum Gasteiger partial charge on any atom is 0.410 e. The van der Waals surface area contributed by atoms with E-state index in [1.165, 1.54) is 7.11 Å². The number of carbonyl (C=O) groups is 2. The maximum absolute atomic E-state index is 11.8. The fourth-order valence-corrected chi connectivity index (χ4v) is 1.60. The van der Waals surface area contributed by atoms with Gasteiger partial charge >= 0.3 is 12.1 Å². The van der Waals surface area contributed by atoms with Crippen molar-refractivity contribution in [2.24, 2.45) is 0 Å². The fourth-order valence-electron chi connectivity index (χ4n) is 1.60. The lowest BCUT2D eigenvalue weighted by atomic mass is 10.2. The largest absolute Gasteiger partial charge is 0.469 e. The topological polar surface area (TPSA) is 65.1 Å². The first kappa shape index (κ1) is 14.8. The van der Waals surface area contributed by atoms with Crippen LogP contribution >= 0.6 is 0 Å². The standard InChI is InChI=1S/C12H21NO5/c1-12(2,3)18-11(15)13-5-6-17-9(8-13)7-10(14)16-4/h9H,5-8H2,1-4H3/t9-/m1/s1. The molecule has 0 saturated carbocycles. The molecule has 0 aromatic heterocycles. The molecule has 6 nitrogen and oxygen atoms in total. The van der Waals surface area contributed by atoms with Gasteiger partial charge in [-0.15, -0.1) is 0 Å². The Morgan fingerprint density at radius 2 is 2.06 bits per heavy atom. The molecule has 6 heteroatoms. The number of hydrogen-bond donors (Lipinski definition) is 0. The van der Waals surface area contributed by atoms with Crippen molar-refractivity contribution < 1.29 is 23.8 Å². The first-order valence-corrected chi connectivity index (χ1v) is 5.98. The van der Waals surface area contributed by atoms with Crippen molar-refractivity contribution in [3.8, 4) is 0 Å². The monoisotopic (exact) mass is 259 g/mol. The summed E-state index contributed by atoms with van der Waals surface area (Å²) in [5.41, 5.74) is -0.521. The van der Waals surface area contributed by atoms with Crippen LogP contribution in [-0.4, -0.2) is 55.5 Å². The lowest BCUT2D eigenvalue weighted by molar-refractivity contribution is -0.145. The highest BCUT2D eigenvalue weighted by molar-refractivity contribution is 5.71. The normalized spacial score (nSPS) is 20.4. The zero-order valence-electron chi connectivity index (χ0n) is 11.4. The van der Waals surface area contributed by atoms with E-state index in [1.54, 1.807) is 4.90 Å². The third-order valence-corrected chi connectivity index (χ3v) is 2.41. The Bertz CT molecular complexity index is 310. The molecule has 1 saturated heterocycles. The van der Waals surface area contributed by atoms with E-state index < -0.39 is 5.60 Å². The van der Waals surface area contributed by atoms with Gasteiger partial charge in [0.15, 0.2) is 0 Å². The number of carbonyl (C=O) groups excluding carboxylic acids is 2. The highest BCUT2D eigenvalue weighted by Gasteiger charge is 2.29. The predicted octanol–water partition coefficient (Wildman–Crippen LogP) is 1.19. The molecule has 1 aliphatic heterocycles. The van der Waals surface area contributed by atoms with Crippen molar-refractivity contribution in [3.63, 3.8) is 0 Å². The molecule has 0 radical (unpaired) electrons. The predicted molar refractivity (Wildman–Crippen MR) is 64.2 cm³/mol. The number of morpholine rings is 1. The first-order valence-electron chi connectivity index (χ1n) is 5.98. The van der Waals surface area contributed by atoms with Crippen molar-refractivity contribution in [2.45, 2.75) is 38.9 Å². The molecule has 1 atom stereocenters. The number of hydrogen-bond acceptors (Lipinski definition) is 5. The van der Waals surface area contributed by atoms with Gasteiger partial charge in [-0.05, 0) is 20.8 Å². The van der Waals surface area contributed by atoms with E-state index in [0.29, 0.717) is 19.7 Å². The Balaban J connectivity index is 2.48. The molecule has 0 N–H and O–H groups in total. The molecule has 1 aliphatic rings. The molecule has 1 fully saturated rings. The molecular weight excluding hydrogens is 238 g/mol. The maximum atomic E-state index is 11.8. The van der Waals surface area contributed by atoms with E-state index >= 15 is 0 Å². The molecule has 0 unspecified atom stereocenters. The minimum Gasteiger partial charge on any atom is -0.469 e. The van der Waals surface area contributed by atoms with Gasteiger partial charge in [-0.1, -0.05) is 0 Å². The van der Waals surface area contributed by atoms with Crippen molar-refractivity contribution in [2.75, 3.05) is 26.8 Å². The van der Waals surface area contributed by atoms with Crippen molar-refractivity contribution in [1.82, 2.24) is 4.90 Å². The van der Waals surface area contributed by atoms with Crippen LogP contribution in [0.5, 0.6) is 0 Å². The van der Waals surface area contributed by atoms with Crippen LogP contribution < -0.4 is 0 Å². The molecule has 0 bridgehead atoms. The number of methoxy groups -OCH3 is 1. The van der Waals surface area contributed by atoms with Crippen LogP contribution in [0.2, 0.25) is 0 Å². The minimum absolute atomic E-state index is 0.149. The number of amides is 1. The zero-order valence-corrected chi connectivity index (χ0v) is 11.4. The second-order valence-electron chi connectivity index (χ2n) is 5.20. The Hall–Kier alpha value is -1.30. The number of ether oxygens (including phenoxy) is 3. The summed E-state index contributed by atoms with van der Waals surface area (Å²) in [6, 6.07) is 0. The highest BCUT2D eigenvalue weighted by atomic mass is 16.6. The molecular formula is C12H21NO5. The highest BCUT2D eigenvalue weighted by Crippen LogP contribution is 2.14. The van der Waals surface area contributed by atoms with E-state index in [1.807, 2.05) is 20.8 Å². The van der Waals surface area contributed by atoms with E-state index in [0.717, 1.165) is 0 Å². The van der Waals surface area contributed by atoms with Gasteiger partial charge in [-0.25, -0.2) is 4.79 Å². The molecule has 18 heavy (non-hydrogen) atoms. The lowest BCUT2D eigenvalue weighted by Crippen LogP contribution is -2.48. The summed E-state index contributed by atoms with van der Waals surface area (Å²) >= 11 is 0. The summed E-state index contributed by atoms with van der Waals surface area (Å²) in [7, 11) is 1.33. The Labute approximate surface area is 107 Å². The number of esters is 1. The molecule has 0 aliphatic carbocycles. The lowest BCUT2D eigenvalue weighted by Gasteiger charge is -2.33. The van der Waals surface area contributed by atoms with Crippen LogP contribution in [0.15, 0.2) is 0 Å². The second kappa shape index (κ2) is 6.04. The minimum atomic E-state index is -0.521. The molecule has 1 amide bonds. The summed E-state index contributed by atoms with van der Waals surface area (Å²) in [5.74, 6) is -0.342.